The number of nitrogens with zero attached hydrogens (tertiary/aromatic N) is 2. The molecule has 1 amide bonds. The van der Waals surface area contributed by atoms with Gasteiger partial charge in [-0.3, -0.25) is 9.59 Å². The number of amides is 1. The van der Waals surface area contributed by atoms with E-state index in [0.29, 0.717) is 11.1 Å². The lowest BCUT2D eigenvalue weighted by molar-refractivity contribution is -0.146. The maximum absolute atomic E-state index is 12.9. The van der Waals surface area contributed by atoms with Gasteiger partial charge in [-0.1, -0.05) is 23.4 Å². The van der Waals surface area contributed by atoms with Crippen molar-refractivity contribution in [1.29, 1.82) is 0 Å². The highest BCUT2D eigenvalue weighted by molar-refractivity contribution is 5.94. The van der Waals surface area contributed by atoms with Gasteiger partial charge in [-0.2, -0.15) is 4.98 Å². The van der Waals surface area contributed by atoms with Crippen molar-refractivity contribution in [1.82, 2.24) is 15.5 Å². The van der Waals surface area contributed by atoms with Gasteiger partial charge in [-0.25, -0.2) is 4.39 Å². The molecule has 28 heavy (non-hydrogen) atoms. The van der Waals surface area contributed by atoms with Crippen LogP contribution in [0.2, 0.25) is 0 Å². The zero-order valence-corrected chi connectivity index (χ0v) is 15.1. The number of ether oxygens (including phenoxy) is 1. The van der Waals surface area contributed by atoms with Crippen molar-refractivity contribution in [2.75, 3.05) is 0 Å². The van der Waals surface area contributed by atoms with Crippen LogP contribution in [0.5, 0.6) is 0 Å². The Bertz CT molecular complexity index is 942. The van der Waals surface area contributed by atoms with E-state index in [1.165, 1.54) is 24.3 Å². The molecule has 0 radical (unpaired) electrons. The number of nitrogens with one attached hydrogen (secondary N) is 1. The Morgan fingerprint density at radius 1 is 1.14 bits per heavy atom. The average molecular weight is 383 g/mol. The molecule has 2 aromatic carbocycles. The molecule has 0 saturated heterocycles. The average Bonchev–Trinajstić information content (AvgIpc) is 3.16. The summed E-state index contributed by atoms with van der Waals surface area (Å²) in [6.45, 7) is 1.52. The maximum atomic E-state index is 12.9. The zero-order valence-electron chi connectivity index (χ0n) is 15.1. The van der Waals surface area contributed by atoms with E-state index >= 15 is 0 Å². The number of benzene rings is 2. The Morgan fingerprint density at radius 2 is 1.86 bits per heavy atom. The predicted octanol–water partition coefficient (Wildman–Crippen LogP) is 3.13. The number of esters is 1. The normalized spacial score (nSPS) is 11.6. The van der Waals surface area contributed by atoms with Crippen molar-refractivity contribution >= 4 is 11.9 Å². The molecule has 1 heterocycles. The third kappa shape index (κ3) is 5.23. The Balaban J connectivity index is 1.46. The second-order valence-electron chi connectivity index (χ2n) is 6.12. The van der Waals surface area contributed by atoms with Gasteiger partial charge in [0, 0.05) is 17.2 Å². The molecular formula is C20H18FN3O4. The first kappa shape index (κ1) is 19.2. The SMILES string of the molecule is C[C@@H](CC(=O)OCc1nc(-c2ccc(F)cc2)no1)NC(=O)c1ccccc1. The van der Waals surface area contributed by atoms with Gasteiger partial charge in [0.2, 0.25) is 5.82 Å². The summed E-state index contributed by atoms with van der Waals surface area (Å²) >= 11 is 0. The first-order chi connectivity index (χ1) is 13.5. The fourth-order valence-electron chi connectivity index (χ4n) is 2.43. The summed E-state index contributed by atoms with van der Waals surface area (Å²) in [5.74, 6) is -0.748. The standard InChI is InChI=1S/C20H18FN3O4/c1-13(22-20(26)15-5-3-2-4-6-15)11-18(25)27-12-17-23-19(24-28-17)14-7-9-16(21)10-8-14/h2-10,13H,11-12H2,1H3,(H,22,26)/t13-/m0/s1. The molecule has 0 aliphatic carbocycles. The molecule has 0 unspecified atom stereocenters. The summed E-state index contributed by atoms with van der Waals surface area (Å²) < 4.78 is 23.1. The van der Waals surface area contributed by atoms with Crippen LogP contribution in [0.1, 0.15) is 29.6 Å². The van der Waals surface area contributed by atoms with Crippen molar-refractivity contribution in [3.05, 3.63) is 71.9 Å². The van der Waals surface area contributed by atoms with Gasteiger partial charge in [0.15, 0.2) is 6.61 Å². The molecule has 144 valence electrons. The minimum Gasteiger partial charge on any atom is -0.455 e. The molecule has 0 spiro atoms. The van der Waals surface area contributed by atoms with Crippen molar-refractivity contribution in [2.24, 2.45) is 0 Å². The highest BCUT2D eigenvalue weighted by Crippen LogP contribution is 2.16. The topological polar surface area (TPSA) is 94.3 Å². The van der Waals surface area contributed by atoms with Gasteiger partial charge >= 0.3 is 5.97 Å². The molecule has 8 heteroatoms. The Labute approximate surface area is 160 Å². The Hall–Kier alpha value is -3.55. The maximum Gasteiger partial charge on any atom is 0.308 e. The van der Waals surface area contributed by atoms with E-state index in [9.17, 15) is 14.0 Å². The number of hydrogen-bond donors (Lipinski definition) is 1. The van der Waals surface area contributed by atoms with Crippen LogP contribution < -0.4 is 5.32 Å². The van der Waals surface area contributed by atoms with Crippen molar-refractivity contribution in [3.8, 4) is 11.4 Å². The van der Waals surface area contributed by atoms with E-state index in [1.54, 1.807) is 31.2 Å². The molecule has 0 bridgehead atoms. The van der Waals surface area contributed by atoms with Crippen LogP contribution in [-0.4, -0.2) is 28.1 Å². The van der Waals surface area contributed by atoms with Gasteiger partial charge in [-0.05, 0) is 43.3 Å². The first-order valence-corrected chi connectivity index (χ1v) is 8.61. The van der Waals surface area contributed by atoms with E-state index in [-0.39, 0.29) is 36.5 Å². The minimum atomic E-state index is -0.512. The molecule has 3 aromatic rings. The first-order valence-electron chi connectivity index (χ1n) is 8.61. The molecule has 1 atom stereocenters. The van der Waals surface area contributed by atoms with Gasteiger partial charge in [0.1, 0.15) is 5.82 Å². The lowest BCUT2D eigenvalue weighted by Crippen LogP contribution is -2.34. The Morgan fingerprint density at radius 3 is 2.57 bits per heavy atom. The molecular weight excluding hydrogens is 365 g/mol. The van der Waals surface area contributed by atoms with Crippen LogP contribution in [0.15, 0.2) is 59.1 Å². The van der Waals surface area contributed by atoms with Crippen LogP contribution >= 0.6 is 0 Å². The summed E-state index contributed by atoms with van der Waals surface area (Å²) in [4.78, 5) is 28.1. The Kier molecular flexibility index (Phi) is 6.11. The molecule has 0 aliphatic heterocycles. The van der Waals surface area contributed by atoms with Gasteiger partial charge in [0.05, 0.1) is 6.42 Å². The summed E-state index contributed by atoms with van der Waals surface area (Å²) in [7, 11) is 0. The van der Waals surface area contributed by atoms with Crippen LogP contribution in [0, 0.1) is 5.82 Å². The molecule has 0 saturated carbocycles. The van der Waals surface area contributed by atoms with E-state index in [2.05, 4.69) is 15.5 Å². The second kappa shape index (κ2) is 8.90. The fourth-order valence-corrected chi connectivity index (χ4v) is 2.43. The van der Waals surface area contributed by atoms with Crippen LogP contribution in [0.3, 0.4) is 0 Å². The van der Waals surface area contributed by atoms with Crippen LogP contribution in [0.4, 0.5) is 4.39 Å². The number of aromatic nitrogens is 2. The van der Waals surface area contributed by atoms with Gasteiger partial charge in [-0.15, -0.1) is 0 Å². The molecule has 0 aliphatic rings. The second-order valence-corrected chi connectivity index (χ2v) is 6.12. The lowest BCUT2D eigenvalue weighted by atomic mass is 10.2. The van der Waals surface area contributed by atoms with Crippen molar-refractivity contribution in [2.45, 2.75) is 26.0 Å². The largest absolute Gasteiger partial charge is 0.455 e. The highest BCUT2D eigenvalue weighted by Gasteiger charge is 2.16. The van der Waals surface area contributed by atoms with Crippen LogP contribution in [-0.2, 0) is 16.1 Å². The molecule has 1 N–H and O–H groups in total. The number of carbonyl (C=O) groups excluding carboxylic acids is 2. The zero-order chi connectivity index (χ0) is 19.9. The van der Waals surface area contributed by atoms with Gasteiger partial charge < -0.3 is 14.6 Å². The lowest BCUT2D eigenvalue weighted by Gasteiger charge is -2.13. The van der Waals surface area contributed by atoms with E-state index < -0.39 is 12.0 Å². The summed E-state index contributed by atoms with van der Waals surface area (Å²) in [6, 6.07) is 13.9. The monoisotopic (exact) mass is 383 g/mol. The predicted molar refractivity (Wildman–Crippen MR) is 97.5 cm³/mol. The quantitative estimate of drug-likeness (QED) is 0.630. The fraction of sp³-hybridized carbons (Fsp3) is 0.200. The van der Waals surface area contributed by atoms with Crippen molar-refractivity contribution < 1.29 is 23.2 Å². The van der Waals surface area contributed by atoms with Gasteiger partial charge in [0.25, 0.3) is 11.8 Å². The molecule has 1 aromatic heterocycles. The number of carbonyl (C=O) groups is 2. The third-order valence-corrected chi connectivity index (χ3v) is 3.81. The summed E-state index contributed by atoms with van der Waals surface area (Å²) in [5.41, 5.74) is 1.10. The number of rotatable bonds is 7. The van der Waals surface area contributed by atoms with E-state index in [1.807, 2.05) is 6.07 Å². The number of halogens is 1. The van der Waals surface area contributed by atoms with Crippen molar-refractivity contribution in [3.63, 3.8) is 0 Å². The molecule has 0 fully saturated rings. The minimum absolute atomic E-state index is 0.00245. The molecule has 3 rings (SSSR count). The summed E-state index contributed by atoms with van der Waals surface area (Å²) in [5, 5.41) is 6.50. The van der Waals surface area contributed by atoms with Crippen LogP contribution in [0.25, 0.3) is 11.4 Å². The number of hydrogen-bond acceptors (Lipinski definition) is 6. The third-order valence-electron chi connectivity index (χ3n) is 3.81. The smallest absolute Gasteiger partial charge is 0.308 e. The highest BCUT2D eigenvalue weighted by atomic mass is 19.1. The van der Waals surface area contributed by atoms with E-state index in [0.717, 1.165) is 0 Å². The summed E-state index contributed by atoms with van der Waals surface area (Å²) in [6.07, 6.45) is -0.00245. The van der Waals surface area contributed by atoms with E-state index in [4.69, 9.17) is 9.26 Å². The molecule has 7 nitrogen and oxygen atoms in total.